The number of para-hydroxylation sites is 1. The summed E-state index contributed by atoms with van der Waals surface area (Å²) in [5.41, 5.74) is -4.57. The predicted molar refractivity (Wildman–Crippen MR) is 91.4 cm³/mol. The summed E-state index contributed by atoms with van der Waals surface area (Å²) in [4.78, 5) is 24.9. The quantitative estimate of drug-likeness (QED) is 0.685. The number of hydrogen-bond acceptors (Lipinski definition) is 7. The normalized spacial score (nSPS) is 30.2. The summed E-state index contributed by atoms with van der Waals surface area (Å²) in [7, 11) is -2.85. The van der Waals surface area contributed by atoms with Crippen LogP contribution in [-0.2, 0) is 13.8 Å². The van der Waals surface area contributed by atoms with Crippen molar-refractivity contribution in [2.24, 2.45) is 0 Å². The van der Waals surface area contributed by atoms with Crippen molar-refractivity contribution in [2.45, 2.75) is 30.8 Å². The van der Waals surface area contributed by atoms with Gasteiger partial charge in [0, 0.05) is 16.8 Å². The van der Waals surface area contributed by atoms with Crippen LogP contribution in [0.3, 0.4) is 0 Å². The van der Waals surface area contributed by atoms with Gasteiger partial charge in [-0.2, -0.15) is 0 Å². The molecular formula is C16H16F2N2O7P+. The number of ether oxygens (including phenoxy) is 1. The maximum Gasteiger partial charge on any atom is 0.750 e. The van der Waals surface area contributed by atoms with Gasteiger partial charge in [0.2, 0.25) is 0 Å². The molecule has 0 amide bonds. The van der Waals surface area contributed by atoms with E-state index in [2.05, 4.69) is 0 Å². The molecule has 0 spiro atoms. The van der Waals surface area contributed by atoms with Crippen molar-refractivity contribution < 1.29 is 32.2 Å². The summed E-state index contributed by atoms with van der Waals surface area (Å²) in [6.45, 7) is -0.313. The maximum absolute atomic E-state index is 15.0. The first-order chi connectivity index (χ1) is 13.1. The summed E-state index contributed by atoms with van der Waals surface area (Å²) in [5.74, 6) is -2.94. The second-order valence-electron chi connectivity index (χ2n) is 6.23. The van der Waals surface area contributed by atoms with Gasteiger partial charge in [0.25, 0.3) is 11.4 Å². The zero-order chi connectivity index (χ0) is 20.5. The Bertz CT molecular complexity index is 981. The van der Waals surface area contributed by atoms with E-state index in [0.717, 1.165) is 19.2 Å². The molecule has 3 rings (SSSR count). The van der Waals surface area contributed by atoms with Crippen molar-refractivity contribution in [3.8, 4) is 5.75 Å². The van der Waals surface area contributed by atoms with E-state index in [-0.39, 0.29) is 5.75 Å². The number of hydrogen-bond donors (Lipinski definition) is 2. The molecule has 1 fully saturated rings. The number of aromatic amines is 1. The highest BCUT2D eigenvalue weighted by Crippen LogP contribution is 2.48. The fraction of sp³-hybridized carbons (Fsp3) is 0.375. The van der Waals surface area contributed by atoms with E-state index >= 15 is 4.39 Å². The highest BCUT2D eigenvalue weighted by atomic mass is 31.1. The number of aliphatic hydroxyl groups excluding tert-OH is 1. The van der Waals surface area contributed by atoms with Crippen LogP contribution in [0.2, 0.25) is 0 Å². The molecule has 5 atom stereocenters. The van der Waals surface area contributed by atoms with Gasteiger partial charge >= 0.3 is 13.9 Å². The number of benzene rings is 1. The summed E-state index contributed by atoms with van der Waals surface area (Å²) >= 11 is 0. The first kappa shape index (κ1) is 20.3. The number of nitrogens with one attached hydrogen (secondary N) is 1. The number of halogens is 2. The van der Waals surface area contributed by atoms with Crippen LogP contribution < -0.4 is 15.8 Å². The monoisotopic (exact) mass is 417 g/mol. The van der Waals surface area contributed by atoms with Gasteiger partial charge in [-0.3, -0.25) is 14.3 Å². The van der Waals surface area contributed by atoms with Crippen LogP contribution in [0.1, 0.15) is 13.2 Å². The summed E-state index contributed by atoms with van der Waals surface area (Å²) in [6, 6.07) is 8.80. The molecule has 5 unspecified atom stereocenters. The van der Waals surface area contributed by atoms with Crippen molar-refractivity contribution in [1.82, 2.24) is 9.55 Å². The van der Waals surface area contributed by atoms with E-state index in [4.69, 9.17) is 13.8 Å². The van der Waals surface area contributed by atoms with Crippen molar-refractivity contribution >= 4 is 8.25 Å². The number of aliphatic hydroxyl groups is 1. The van der Waals surface area contributed by atoms with E-state index < -0.39 is 50.0 Å². The van der Waals surface area contributed by atoms with E-state index in [1.54, 1.807) is 18.2 Å². The van der Waals surface area contributed by atoms with Crippen molar-refractivity contribution in [3.63, 3.8) is 0 Å². The minimum absolute atomic E-state index is 0.192. The molecule has 0 aliphatic carbocycles. The molecule has 2 heterocycles. The molecule has 1 saturated heterocycles. The molecule has 28 heavy (non-hydrogen) atoms. The second-order valence-corrected chi connectivity index (χ2v) is 7.12. The Morgan fingerprint density at radius 3 is 2.61 bits per heavy atom. The number of rotatable bonds is 6. The predicted octanol–water partition coefficient (Wildman–Crippen LogP) is 1.57. The topological polar surface area (TPSA) is 120 Å². The van der Waals surface area contributed by atoms with Gasteiger partial charge in [-0.1, -0.05) is 18.2 Å². The van der Waals surface area contributed by atoms with E-state index in [9.17, 15) is 23.7 Å². The number of aromatic nitrogens is 2. The standard InChI is InChI=1S/C16H15F2N2O7P/c1-15(17)12(22)16(18,9-25-28(24)27-10-5-3-2-4-6-10)26-13(15)20-8-7-11(21)19-14(20)23/h2-8,12-13,22H,9H2,1H3/p+1. The van der Waals surface area contributed by atoms with Gasteiger partial charge in [-0.25, -0.2) is 18.1 Å². The lowest BCUT2D eigenvalue weighted by molar-refractivity contribution is -0.203. The molecular weight excluding hydrogens is 401 g/mol. The number of nitrogens with zero attached hydrogens (tertiary/aromatic N) is 1. The van der Waals surface area contributed by atoms with Crippen LogP contribution in [0.25, 0.3) is 0 Å². The van der Waals surface area contributed by atoms with Crippen LogP contribution >= 0.6 is 8.25 Å². The van der Waals surface area contributed by atoms with Gasteiger partial charge in [0.1, 0.15) is 0 Å². The third-order valence-corrected chi connectivity index (χ3v) is 4.83. The van der Waals surface area contributed by atoms with Crippen LogP contribution in [0, 0.1) is 0 Å². The van der Waals surface area contributed by atoms with Crippen LogP contribution in [0.5, 0.6) is 5.75 Å². The molecule has 2 aromatic rings. The van der Waals surface area contributed by atoms with Crippen molar-refractivity contribution in [3.05, 3.63) is 63.4 Å². The SMILES string of the molecule is CC1(F)C(n2ccc(=O)[nH]c2=O)OC(F)(CO[P+](=O)Oc2ccccc2)C1O. The van der Waals surface area contributed by atoms with E-state index in [0.29, 0.717) is 4.57 Å². The molecule has 1 aromatic carbocycles. The third kappa shape index (κ3) is 3.88. The molecule has 0 saturated carbocycles. The highest BCUT2D eigenvalue weighted by Gasteiger charge is 2.65. The van der Waals surface area contributed by atoms with Crippen LogP contribution in [-0.4, -0.2) is 38.9 Å². The molecule has 12 heteroatoms. The molecule has 0 bridgehead atoms. The molecule has 150 valence electrons. The Hall–Kier alpha value is -2.46. The summed E-state index contributed by atoms with van der Waals surface area (Å²) in [6.07, 6.45) is -3.39. The Kier molecular flexibility index (Phi) is 5.44. The van der Waals surface area contributed by atoms with E-state index in [1.807, 2.05) is 4.98 Å². The highest BCUT2D eigenvalue weighted by molar-refractivity contribution is 7.33. The van der Waals surface area contributed by atoms with Gasteiger partial charge in [-0.05, 0) is 19.1 Å². The minimum Gasteiger partial charge on any atom is -0.383 e. The first-order valence-electron chi connectivity index (χ1n) is 8.02. The molecule has 1 aliphatic heterocycles. The number of H-pyrrole nitrogens is 1. The van der Waals surface area contributed by atoms with Gasteiger partial charge in [0.05, 0.1) is 0 Å². The molecule has 0 radical (unpaired) electrons. The average Bonchev–Trinajstić information content (AvgIpc) is 2.82. The average molecular weight is 417 g/mol. The van der Waals surface area contributed by atoms with E-state index in [1.165, 1.54) is 12.1 Å². The fourth-order valence-electron chi connectivity index (χ4n) is 2.71. The van der Waals surface area contributed by atoms with Crippen molar-refractivity contribution in [1.29, 1.82) is 0 Å². The summed E-state index contributed by atoms with van der Waals surface area (Å²) in [5, 5.41) is 10.1. The van der Waals surface area contributed by atoms with Gasteiger partial charge in [0.15, 0.2) is 30.4 Å². The zero-order valence-electron chi connectivity index (χ0n) is 14.5. The van der Waals surface area contributed by atoms with Crippen LogP contribution in [0.15, 0.2) is 52.2 Å². The minimum atomic E-state index is -3.13. The Balaban J connectivity index is 1.75. The smallest absolute Gasteiger partial charge is 0.383 e. The Morgan fingerprint density at radius 1 is 1.29 bits per heavy atom. The fourth-order valence-corrected chi connectivity index (χ4v) is 3.34. The Morgan fingerprint density at radius 2 is 1.96 bits per heavy atom. The lowest BCUT2D eigenvalue weighted by atomic mass is 9.97. The van der Waals surface area contributed by atoms with Crippen LogP contribution in [0.4, 0.5) is 8.78 Å². The lowest BCUT2D eigenvalue weighted by Crippen LogP contribution is -2.47. The summed E-state index contributed by atoms with van der Waals surface area (Å²) < 4.78 is 57.1. The first-order valence-corrected chi connectivity index (χ1v) is 9.11. The van der Waals surface area contributed by atoms with Gasteiger partial charge in [-0.15, -0.1) is 4.52 Å². The molecule has 1 aliphatic rings. The Labute approximate surface area is 157 Å². The third-order valence-electron chi connectivity index (χ3n) is 4.13. The molecule has 1 aromatic heterocycles. The number of alkyl halides is 2. The largest absolute Gasteiger partial charge is 0.750 e. The van der Waals surface area contributed by atoms with Gasteiger partial charge < -0.3 is 9.84 Å². The lowest BCUT2D eigenvalue weighted by Gasteiger charge is -2.24. The maximum atomic E-state index is 15.0. The molecule has 9 nitrogen and oxygen atoms in total. The van der Waals surface area contributed by atoms with Crippen molar-refractivity contribution in [2.75, 3.05) is 6.61 Å². The second kappa shape index (κ2) is 7.51. The molecule has 2 N–H and O–H groups in total. The zero-order valence-corrected chi connectivity index (χ0v) is 15.3.